The van der Waals surface area contributed by atoms with Crippen molar-refractivity contribution < 1.29 is 9.53 Å². The molecule has 146 valence electrons. The highest BCUT2D eigenvalue weighted by Crippen LogP contribution is 2.23. The zero-order valence-electron chi connectivity index (χ0n) is 16.9. The molecular weight excluding hydrogens is 338 g/mol. The van der Waals surface area contributed by atoms with Gasteiger partial charge in [0.2, 0.25) is 0 Å². The van der Waals surface area contributed by atoms with Gasteiger partial charge in [-0.15, -0.1) is 0 Å². The number of nitrogens with one attached hydrogen (secondary N) is 1. The number of ether oxygens (including phenoxy) is 1. The van der Waals surface area contributed by atoms with E-state index in [0.717, 1.165) is 26.3 Å². The summed E-state index contributed by atoms with van der Waals surface area (Å²) in [4.78, 5) is 15.1. The molecule has 2 aromatic rings. The van der Waals surface area contributed by atoms with E-state index >= 15 is 0 Å². The Bertz CT molecular complexity index is 753. The molecule has 1 fully saturated rings. The molecule has 0 aliphatic carbocycles. The van der Waals surface area contributed by atoms with Gasteiger partial charge in [0, 0.05) is 44.1 Å². The molecule has 5 nitrogen and oxygen atoms in total. The van der Waals surface area contributed by atoms with Crippen LogP contribution >= 0.6 is 0 Å². The summed E-state index contributed by atoms with van der Waals surface area (Å²) in [7, 11) is 2.05. The maximum atomic E-state index is 12.7. The lowest BCUT2D eigenvalue weighted by atomic mass is 9.87. The monoisotopic (exact) mass is 369 g/mol. The molecule has 1 aliphatic rings. The van der Waals surface area contributed by atoms with Gasteiger partial charge in [0.15, 0.2) is 0 Å². The third kappa shape index (κ3) is 4.79. The normalized spacial score (nSPS) is 16.9. The van der Waals surface area contributed by atoms with Crippen LogP contribution in [0.5, 0.6) is 0 Å². The Kier molecular flexibility index (Phi) is 6.02. The lowest BCUT2D eigenvalue weighted by Crippen LogP contribution is -2.44. The maximum Gasteiger partial charge on any atom is 0.251 e. The zero-order valence-corrected chi connectivity index (χ0v) is 16.9. The van der Waals surface area contributed by atoms with Gasteiger partial charge < -0.3 is 14.6 Å². The summed E-state index contributed by atoms with van der Waals surface area (Å²) in [6.07, 6.45) is 2.05. The van der Waals surface area contributed by atoms with Crippen molar-refractivity contribution in [1.29, 1.82) is 0 Å². The number of aryl methyl sites for hydroxylation is 1. The van der Waals surface area contributed by atoms with Gasteiger partial charge in [0.25, 0.3) is 5.91 Å². The fourth-order valence-corrected chi connectivity index (χ4v) is 3.54. The van der Waals surface area contributed by atoms with Crippen molar-refractivity contribution in [3.63, 3.8) is 0 Å². The summed E-state index contributed by atoms with van der Waals surface area (Å²) < 4.78 is 7.62. The molecule has 1 aliphatic heterocycles. The molecule has 1 N–H and O–H groups in total. The fourth-order valence-electron chi connectivity index (χ4n) is 3.54. The van der Waals surface area contributed by atoms with E-state index < -0.39 is 0 Å². The van der Waals surface area contributed by atoms with Crippen LogP contribution in [0, 0.1) is 0 Å². The Morgan fingerprint density at radius 1 is 1.15 bits per heavy atom. The standard InChI is InChI=1S/C22H31N3O2/c1-22(2,3)18-9-7-17(8-10-18)21(26)23-16-20(19-6-5-11-24(19)4)25-12-14-27-15-13-25/h5-11,20H,12-16H2,1-4H3,(H,23,26). The van der Waals surface area contributed by atoms with Crippen LogP contribution in [0.2, 0.25) is 0 Å². The van der Waals surface area contributed by atoms with Crippen LogP contribution in [-0.4, -0.2) is 48.2 Å². The summed E-state index contributed by atoms with van der Waals surface area (Å²) in [5.74, 6) is -0.0251. The zero-order chi connectivity index (χ0) is 19.4. The first-order valence-electron chi connectivity index (χ1n) is 9.68. The van der Waals surface area contributed by atoms with Crippen LogP contribution in [0.25, 0.3) is 0 Å². The second-order valence-electron chi connectivity index (χ2n) is 8.25. The molecule has 1 unspecified atom stereocenters. The van der Waals surface area contributed by atoms with Gasteiger partial charge in [-0.1, -0.05) is 32.9 Å². The van der Waals surface area contributed by atoms with Crippen molar-refractivity contribution in [1.82, 2.24) is 14.8 Å². The van der Waals surface area contributed by atoms with E-state index in [2.05, 4.69) is 60.9 Å². The molecule has 0 bridgehead atoms. The second kappa shape index (κ2) is 8.28. The van der Waals surface area contributed by atoms with Crippen molar-refractivity contribution in [3.05, 3.63) is 59.4 Å². The Morgan fingerprint density at radius 3 is 2.37 bits per heavy atom. The van der Waals surface area contributed by atoms with E-state index in [1.54, 1.807) is 0 Å². The highest BCUT2D eigenvalue weighted by atomic mass is 16.5. The van der Waals surface area contributed by atoms with Crippen LogP contribution in [0.4, 0.5) is 0 Å². The molecule has 27 heavy (non-hydrogen) atoms. The number of amides is 1. The van der Waals surface area contributed by atoms with Gasteiger partial charge in [-0.3, -0.25) is 9.69 Å². The summed E-state index contributed by atoms with van der Waals surface area (Å²) in [6, 6.07) is 12.3. The summed E-state index contributed by atoms with van der Waals surface area (Å²) >= 11 is 0. The SMILES string of the molecule is Cn1cccc1C(CNC(=O)c1ccc(C(C)(C)C)cc1)N1CCOCC1. The Balaban J connectivity index is 1.69. The number of hydrogen-bond acceptors (Lipinski definition) is 3. The third-order valence-corrected chi connectivity index (χ3v) is 5.28. The number of nitrogens with zero attached hydrogens (tertiary/aromatic N) is 2. The van der Waals surface area contributed by atoms with Crippen LogP contribution in [0.15, 0.2) is 42.6 Å². The number of carbonyl (C=O) groups is 1. The van der Waals surface area contributed by atoms with E-state index in [0.29, 0.717) is 12.1 Å². The predicted octanol–water partition coefficient (Wildman–Crippen LogP) is 3.13. The first-order valence-corrected chi connectivity index (χ1v) is 9.68. The van der Waals surface area contributed by atoms with Crippen LogP contribution in [0.3, 0.4) is 0 Å². The third-order valence-electron chi connectivity index (χ3n) is 5.28. The minimum atomic E-state index is -0.0251. The molecule has 1 atom stereocenters. The first kappa shape index (κ1) is 19.6. The number of morpholine rings is 1. The molecule has 3 rings (SSSR count). The second-order valence-corrected chi connectivity index (χ2v) is 8.25. The van der Waals surface area contributed by atoms with E-state index in [4.69, 9.17) is 4.74 Å². The first-order chi connectivity index (χ1) is 12.9. The smallest absolute Gasteiger partial charge is 0.251 e. The molecule has 0 spiro atoms. The lowest BCUT2D eigenvalue weighted by molar-refractivity contribution is 0.0148. The van der Waals surface area contributed by atoms with E-state index in [1.165, 1.54) is 11.3 Å². The summed E-state index contributed by atoms with van der Waals surface area (Å²) in [6.45, 7) is 10.3. The summed E-state index contributed by atoms with van der Waals surface area (Å²) in [5, 5.41) is 3.14. The Labute approximate surface area is 162 Å². The number of carbonyl (C=O) groups excluding carboxylic acids is 1. The molecular formula is C22H31N3O2. The Morgan fingerprint density at radius 2 is 1.81 bits per heavy atom. The van der Waals surface area contributed by atoms with Crippen molar-refractivity contribution in [2.24, 2.45) is 7.05 Å². The Hall–Kier alpha value is -2.11. The minimum Gasteiger partial charge on any atom is -0.379 e. The van der Waals surface area contributed by atoms with Gasteiger partial charge in [0.05, 0.1) is 19.3 Å². The highest BCUT2D eigenvalue weighted by molar-refractivity contribution is 5.94. The van der Waals surface area contributed by atoms with Crippen LogP contribution in [-0.2, 0) is 17.2 Å². The average Bonchev–Trinajstić information content (AvgIpc) is 3.08. The largest absolute Gasteiger partial charge is 0.379 e. The highest BCUT2D eigenvalue weighted by Gasteiger charge is 2.25. The average molecular weight is 370 g/mol. The van der Waals surface area contributed by atoms with Crippen molar-refractivity contribution in [3.8, 4) is 0 Å². The molecule has 1 saturated heterocycles. The molecule has 2 heterocycles. The van der Waals surface area contributed by atoms with Crippen LogP contribution in [0.1, 0.15) is 48.4 Å². The molecule has 0 saturated carbocycles. The molecule has 5 heteroatoms. The molecule has 1 aromatic carbocycles. The number of rotatable bonds is 5. The van der Waals surface area contributed by atoms with E-state index in [-0.39, 0.29) is 17.4 Å². The van der Waals surface area contributed by atoms with E-state index in [1.807, 2.05) is 24.3 Å². The van der Waals surface area contributed by atoms with Gasteiger partial charge in [-0.2, -0.15) is 0 Å². The van der Waals surface area contributed by atoms with Crippen molar-refractivity contribution in [2.75, 3.05) is 32.8 Å². The van der Waals surface area contributed by atoms with Gasteiger partial charge in [-0.05, 0) is 35.2 Å². The lowest BCUT2D eigenvalue weighted by Gasteiger charge is -2.35. The maximum absolute atomic E-state index is 12.7. The fraction of sp³-hybridized carbons (Fsp3) is 0.500. The number of hydrogen-bond donors (Lipinski definition) is 1. The van der Waals surface area contributed by atoms with Gasteiger partial charge in [-0.25, -0.2) is 0 Å². The topological polar surface area (TPSA) is 46.5 Å². The van der Waals surface area contributed by atoms with E-state index in [9.17, 15) is 4.79 Å². The number of aromatic nitrogens is 1. The molecule has 1 aromatic heterocycles. The van der Waals surface area contributed by atoms with Crippen molar-refractivity contribution in [2.45, 2.75) is 32.2 Å². The van der Waals surface area contributed by atoms with Crippen LogP contribution < -0.4 is 5.32 Å². The molecule has 0 radical (unpaired) electrons. The van der Waals surface area contributed by atoms with Crippen molar-refractivity contribution >= 4 is 5.91 Å². The quantitative estimate of drug-likeness (QED) is 0.881. The van der Waals surface area contributed by atoms with Gasteiger partial charge in [0.1, 0.15) is 0 Å². The summed E-state index contributed by atoms with van der Waals surface area (Å²) in [5.41, 5.74) is 3.23. The predicted molar refractivity (Wildman–Crippen MR) is 108 cm³/mol. The molecule has 1 amide bonds. The minimum absolute atomic E-state index is 0.0251. The number of benzene rings is 1. The van der Waals surface area contributed by atoms with Gasteiger partial charge >= 0.3 is 0 Å².